The van der Waals surface area contributed by atoms with Gasteiger partial charge in [-0.3, -0.25) is 4.90 Å². The molecule has 0 unspecified atom stereocenters. The van der Waals surface area contributed by atoms with Crippen LogP contribution in [0, 0.1) is 5.82 Å². The van der Waals surface area contributed by atoms with E-state index in [1.165, 1.54) is 12.1 Å². The van der Waals surface area contributed by atoms with Crippen LogP contribution in [0.2, 0.25) is 5.02 Å². The highest BCUT2D eigenvalue weighted by Gasteiger charge is 2.20. The summed E-state index contributed by atoms with van der Waals surface area (Å²) in [5.41, 5.74) is 1.79. The lowest BCUT2D eigenvalue weighted by atomic mass is 10.2. The number of aromatic nitrogens is 2. The summed E-state index contributed by atoms with van der Waals surface area (Å²) < 4.78 is 18.7. The number of piperazine rings is 1. The Morgan fingerprint density at radius 1 is 0.962 bits per heavy atom. The summed E-state index contributed by atoms with van der Waals surface area (Å²) in [4.78, 5) is 4.56. The smallest absolute Gasteiger partial charge is 0.247 e. The molecule has 7 heteroatoms. The van der Waals surface area contributed by atoms with E-state index in [4.69, 9.17) is 16.0 Å². The molecule has 1 aliphatic heterocycles. The van der Waals surface area contributed by atoms with Gasteiger partial charge in [0, 0.05) is 31.7 Å². The molecule has 3 aromatic rings. The van der Waals surface area contributed by atoms with Crippen LogP contribution in [0.5, 0.6) is 0 Å². The van der Waals surface area contributed by atoms with Crippen LogP contribution < -0.4 is 4.90 Å². The molecule has 2 heterocycles. The SMILES string of the molecule is Fc1ccc(-c2nnc(CN3CCN(c4ccccc4Cl)CC3)o2)cc1. The van der Waals surface area contributed by atoms with E-state index in [-0.39, 0.29) is 5.82 Å². The summed E-state index contributed by atoms with van der Waals surface area (Å²) >= 11 is 6.28. The molecule has 0 bridgehead atoms. The first-order valence-corrected chi connectivity index (χ1v) is 8.87. The van der Waals surface area contributed by atoms with Crippen molar-refractivity contribution in [3.8, 4) is 11.5 Å². The quantitative estimate of drug-likeness (QED) is 0.696. The van der Waals surface area contributed by atoms with Crippen LogP contribution in [0.4, 0.5) is 10.1 Å². The fraction of sp³-hybridized carbons (Fsp3) is 0.263. The van der Waals surface area contributed by atoms with Crippen LogP contribution in [0.15, 0.2) is 52.9 Å². The summed E-state index contributed by atoms with van der Waals surface area (Å²) in [7, 11) is 0. The Labute approximate surface area is 156 Å². The molecule has 5 nitrogen and oxygen atoms in total. The first-order chi connectivity index (χ1) is 12.7. The maximum Gasteiger partial charge on any atom is 0.247 e. The van der Waals surface area contributed by atoms with Gasteiger partial charge in [-0.1, -0.05) is 23.7 Å². The Morgan fingerprint density at radius 2 is 1.69 bits per heavy atom. The number of nitrogens with zero attached hydrogens (tertiary/aromatic N) is 4. The number of hydrogen-bond donors (Lipinski definition) is 0. The molecule has 0 atom stereocenters. The number of anilines is 1. The minimum atomic E-state index is -0.287. The zero-order valence-corrected chi connectivity index (χ0v) is 14.9. The highest BCUT2D eigenvalue weighted by atomic mass is 35.5. The molecule has 1 fully saturated rings. The first-order valence-electron chi connectivity index (χ1n) is 8.49. The van der Waals surface area contributed by atoms with Crippen molar-refractivity contribution in [1.29, 1.82) is 0 Å². The maximum atomic E-state index is 13.0. The average molecular weight is 373 g/mol. The van der Waals surface area contributed by atoms with Crippen molar-refractivity contribution >= 4 is 17.3 Å². The van der Waals surface area contributed by atoms with E-state index in [1.807, 2.05) is 24.3 Å². The topological polar surface area (TPSA) is 45.4 Å². The van der Waals surface area contributed by atoms with Gasteiger partial charge in [0.2, 0.25) is 11.8 Å². The Morgan fingerprint density at radius 3 is 2.42 bits per heavy atom. The van der Waals surface area contributed by atoms with Crippen molar-refractivity contribution in [2.24, 2.45) is 0 Å². The third-order valence-electron chi connectivity index (χ3n) is 4.48. The predicted molar refractivity (Wildman–Crippen MR) is 98.6 cm³/mol. The van der Waals surface area contributed by atoms with Gasteiger partial charge in [-0.25, -0.2) is 4.39 Å². The van der Waals surface area contributed by atoms with Crippen molar-refractivity contribution in [1.82, 2.24) is 15.1 Å². The second-order valence-corrected chi connectivity index (χ2v) is 6.63. The van der Waals surface area contributed by atoms with Crippen molar-refractivity contribution in [3.63, 3.8) is 0 Å². The van der Waals surface area contributed by atoms with Gasteiger partial charge in [-0.2, -0.15) is 0 Å². The van der Waals surface area contributed by atoms with E-state index in [2.05, 4.69) is 20.0 Å². The Hall–Kier alpha value is -2.44. The van der Waals surface area contributed by atoms with E-state index in [0.717, 1.165) is 36.9 Å². The number of para-hydroxylation sites is 1. The molecule has 26 heavy (non-hydrogen) atoms. The number of hydrogen-bond acceptors (Lipinski definition) is 5. The van der Waals surface area contributed by atoms with Crippen LogP contribution in [-0.4, -0.2) is 41.3 Å². The van der Waals surface area contributed by atoms with Crippen LogP contribution in [0.25, 0.3) is 11.5 Å². The van der Waals surface area contributed by atoms with Gasteiger partial charge in [0.25, 0.3) is 0 Å². The van der Waals surface area contributed by atoms with Gasteiger partial charge >= 0.3 is 0 Å². The zero-order chi connectivity index (χ0) is 17.9. The van der Waals surface area contributed by atoms with E-state index in [1.54, 1.807) is 12.1 Å². The van der Waals surface area contributed by atoms with Crippen LogP contribution in [0.1, 0.15) is 5.89 Å². The zero-order valence-electron chi connectivity index (χ0n) is 14.1. The van der Waals surface area contributed by atoms with E-state index in [0.29, 0.717) is 23.9 Å². The Balaban J connectivity index is 1.36. The van der Waals surface area contributed by atoms with Gasteiger partial charge < -0.3 is 9.32 Å². The highest BCUT2D eigenvalue weighted by Crippen LogP contribution is 2.26. The highest BCUT2D eigenvalue weighted by molar-refractivity contribution is 6.33. The summed E-state index contributed by atoms with van der Waals surface area (Å²) in [6, 6.07) is 13.9. The second-order valence-electron chi connectivity index (χ2n) is 6.22. The Bertz CT molecular complexity index is 875. The van der Waals surface area contributed by atoms with Gasteiger partial charge in [0.15, 0.2) is 0 Å². The standard InChI is InChI=1S/C19H18ClFN4O/c20-16-3-1-2-4-17(16)25-11-9-24(10-12-25)13-18-22-23-19(26-18)14-5-7-15(21)8-6-14/h1-8H,9-13H2. The van der Waals surface area contributed by atoms with E-state index in [9.17, 15) is 4.39 Å². The van der Waals surface area contributed by atoms with Gasteiger partial charge in [-0.15, -0.1) is 10.2 Å². The lowest BCUT2D eigenvalue weighted by Gasteiger charge is -2.35. The molecule has 0 radical (unpaired) electrons. The van der Waals surface area contributed by atoms with Crippen LogP contribution >= 0.6 is 11.6 Å². The van der Waals surface area contributed by atoms with Crippen molar-refractivity contribution in [2.45, 2.75) is 6.54 Å². The molecule has 1 aromatic heterocycles. The molecule has 0 saturated carbocycles. The van der Waals surface area contributed by atoms with Crippen LogP contribution in [0.3, 0.4) is 0 Å². The van der Waals surface area contributed by atoms with Crippen molar-refractivity contribution < 1.29 is 8.81 Å². The van der Waals surface area contributed by atoms with Crippen molar-refractivity contribution in [2.75, 3.05) is 31.1 Å². The first kappa shape index (κ1) is 17.0. The molecule has 4 rings (SSSR count). The summed E-state index contributed by atoms with van der Waals surface area (Å²) in [5, 5.41) is 8.96. The van der Waals surface area contributed by atoms with Gasteiger partial charge in [0.1, 0.15) is 5.82 Å². The third-order valence-corrected chi connectivity index (χ3v) is 4.80. The molecule has 134 valence electrons. The normalized spacial score (nSPS) is 15.4. The van der Waals surface area contributed by atoms with E-state index >= 15 is 0 Å². The number of benzene rings is 2. The lowest BCUT2D eigenvalue weighted by molar-refractivity contribution is 0.227. The minimum Gasteiger partial charge on any atom is -0.419 e. The fourth-order valence-corrected chi connectivity index (χ4v) is 3.33. The van der Waals surface area contributed by atoms with Crippen molar-refractivity contribution in [3.05, 3.63) is 65.3 Å². The summed E-state index contributed by atoms with van der Waals surface area (Å²) in [6.07, 6.45) is 0. The molecular formula is C19H18ClFN4O. The summed E-state index contributed by atoms with van der Waals surface area (Å²) in [5.74, 6) is 0.690. The molecule has 0 N–H and O–H groups in total. The molecule has 2 aromatic carbocycles. The third kappa shape index (κ3) is 3.71. The summed E-state index contributed by atoms with van der Waals surface area (Å²) in [6.45, 7) is 4.16. The Kier molecular flexibility index (Phi) is 4.86. The van der Waals surface area contributed by atoms with Crippen LogP contribution in [-0.2, 0) is 6.54 Å². The largest absolute Gasteiger partial charge is 0.419 e. The molecular weight excluding hydrogens is 355 g/mol. The second kappa shape index (κ2) is 7.43. The molecule has 0 spiro atoms. The van der Waals surface area contributed by atoms with Gasteiger partial charge in [0.05, 0.1) is 17.3 Å². The predicted octanol–water partition coefficient (Wildman–Crippen LogP) is 3.85. The maximum absolute atomic E-state index is 13.0. The number of halogens is 2. The van der Waals surface area contributed by atoms with E-state index < -0.39 is 0 Å². The monoisotopic (exact) mass is 372 g/mol. The molecule has 1 aliphatic rings. The lowest BCUT2D eigenvalue weighted by Crippen LogP contribution is -2.46. The van der Waals surface area contributed by atoms with Gasteiger partial charge in [-0.05, 0) is 36.4 Å². The molecule has 0 aliphatic carbocycles. The minimum absolute atomic E-state index is 0.287. The molecule has 1 saturated heterocycles. The number of rotatable bonds is 4. The fourth-order valence-electron chi connectivity index (χ4n) is 3.07. The average Bonchev–Trinajstić information content (AvgIpc) is 3.12. The molecule has 0 amide bonds.